The molecule has 170 valence electrons. The summed E-state index contributed by atoms with van der Waals surface area (Å²) in [5.74, 6) is -0.851. The van der Waals surface area contributed by atoms with E-state index in [0.717, 1.165) is 5.30 Å². The molecule has 1 aromatic heterocycles. The van der Waals surface area contributed by atoms with Crippen molar-refractivity contribution in [3.63, 3.8) is 0 Å². The maximum absolute atomic E-state index is 12.3. The quantitative estimate of drug-likeness (QED) is 0.638. The summed E-state index contributed by atoms with van der Waals surface area (Å²) in [6, 6.07) is 9.46. The lowest BCUT2D eigenvalue weighted by Gasteiger charge is -2.42. The Morgan fingerprint density at radius 2 is 1.84 bits per heavy atom. The molecule has 0 unspecified atom stereocenters. The molecule has 1 aromatic carbocycles. The van der Waals surface area contributed by atoms with Crippen LogP contribution in [0.15, 0.2) is 30.5 Å². The summed E-state index contributed by atoms with van der Waals surface area (Å²) in [6.45, 7) is 4.59. The number of hydrogen-bond acceptors (Lipinski definition) is 7. The van der Waals surface area contributed by atoms with Crippen molar-refractivity contribution in [2.24, 2.45) is 5.73 Å². The number of rotatable bonds is 6. The number of anilines is 2. The number of nitrogens with one attached hydrogen (secondary N) is 1. The molecule has 2 fully saturated rings. The highest BCUT2D eigenvalue weighted by atomic mass is 31.2. The van der Waals surface area contributed by atoms with Crippen molar-refractivity contribution in [2.75, 3.05) is 31.9 Å². The Labute approximate surface area is 187 Å². The van der Waals surface area contributed by atoms with Crippen LogP contribution in [-0.2, 0) is 19.6 Å². The third-order valence-electron chi connectivity index (χ3n) is 6.38. The fourth-order valence-electron chi connectivity index (χ4n) is 4.45. The molecule has 2 aliphatic rings. The van der Waals surface area contributed by atoms with Gasteiger partial charge in [-0.2, -0.15) is 10.4 Å². The van der Waals surface area contributed by atoms with Crippen LogP contribution >= 0.6 is 7.14 Å². The first kappa shape index (κ1) is 22.5. The summed E-state index contributed by atoms with van der Waals surface area (Å²) in [5.41, 5.74) is 6.00. The van der Waals surface area contributed by atoms with Gasteiger partial charge >= 0.3 is 0 Å². The fraction of sp³-hybridized carbons (Fsp3) is 0.500. The third kappa shape index (κ3) is 4.31. The lowest BCUT2D eigenvalue weighted by Crippen LogP contribution is -2.45. The lowest BCUT2D eigenvalue weighted by molar-refractivity contribution is -0.190. The monoisotopic (exact) mass is 457 g/mol. The zero-order valence-electron chi connectivity index (χ0n) is 18.3. The van der Waals surface area contributed by atoms with Gasteiger partial charge in [0.25, 0.3) is 5.91 Å². The normalized spacial score (nSPS) is 19.5. The van der Waals surface area contributed by atoms with E-state index in [0.29, 0.717) is 50.4 Å². The number of carbonyl (C=O) groups is 1. The molecule has 1 saturated heterocycles. The Kier molecular flexibility index (Phi) is 5.89. The molecule has 32 heavy (non-hydrogen) atoms. The molecule has 1 amide bonds. The number of aromatic nitrogens is 2. The second-order valence-electron chi connectivity index (χ2n) is 8.89. The van der Waals surface area contributed by atoms with E-state index >= 15 is 0 Å². The maximum Gasteiger partial charge on any atom is 0.254 e. The van der Waals surface area contributed by atoms with E-state index in [4.69, 9.17) is 15.2 Å². The number of carbonyl (C=O) groups excluding carboxylic acids is 1. The minimum atomic E-state index is -2.36. The van der Waals surface area contributed by atoms with Crippen molar-refractivity contribution in [1.82, 2.24) is 9.78 Å². The Hall–Kier alpha value is -2.66. The molecule has 1 spiro atoms. The molecule has 1 aliphatic heterocycles. The van der Waals surface area contributed by atoms with Crippen molar-refractivity contribution in [3.8, 4) is 6.07 Å². The number of nitriles is 1. The molecule has 4 rings (SSSR count). The van der Waals surface area contributed by atoms with Gasteiger partial charge in [-0.25, -0.2) is 0 Å². The van der Waals surface area contributed by atoms with E-state index in [1.165, 1.54) is 0 Å². The van der Waals surface area contributed by atoms with E-state index in [1.807, 2.05) is 0 Å². The average Bonchev–Trinajstić information content (AvgIpc) is 3.38. The molecular formula is C22H28N5O4P. The van der Waals surface area contributed by atoms with Crippen LogP contribution in [0.4, 0.5) is 11.5 Å². The molecule has 0 bridgehead atoms. The number of nitrogens with two attached hydrogens (primary N) is 1. The third-order valence-corrected chi connectivity index (χ3v) is 7.92. The van der Waals surface area contributed by atoms with Crippen LogP contribution in [0.3, 0.4) is 0 Å². The van der Waals surface area contributed by atoms with Crippen LogP contribution in [0.1, 0.15) is 42.5 Å². The fourth-order valence-corrected chi connectivity index (χ4v) is 5.31. The van der Waals surface area contributed by atoms with Gasteiger partial charge < -0.3 is 25.1 Å². The Morgan fingerprint density at radius 1 is 1.22 bits per heavy atom. The molecule has 2 aromatic rings. The highest BCUT2D eigenvalue weighted by Crippen LogP contribution is 2.45. The molecule has 0 atom stereocenters. The van der Waals surface area contributed by atoms with E-state index in [2.05, 4.69) is 16.5 Å². The SMILES string of the molecule is CP(C)(=O)c1ccc(Nc2nn(C3(CC#N)CCC4(CC3)OCCO4)cc2C(N)=O)cc1. The van der Waals surface area contributed by atoms with Crippen LogP contribution in [0.5, 0.6) is 0 Å². The predicted molar refractivity (Wildman–Crippen MR) is 121 cm³/mol. The molecule has 0 radical (unpaired) electrons. The highest BCUT2D eigenvalue weighted by Gasteiger charge is 2.48. The number of hydrogen-bond donors (Lipinski definition) is 2. The molecule has 1 aliphatic carbocycles. The largest absolute Gasteiger partial charge is 0.365 e. The molecule has 2 heterocycles. The topological polar surface area (TPSA) is 132 Å². The van der Waals surface area contributed by atoms with Crippen LogP contribution in [0, 0.1) is 11.3 Å². The van der Waals surface area contributed by atoms with Crippen LogP contribution in [-0.4, -0.2) is 48.0 Å². The van der Waals surface area contributed by atoms with Gasteiger partial charge in [0.05, 0.1) is 31.2 Å². The van der Waals surface area contributed by atoms with Crippen molar-refractivity contribution in [2.45, 2.75) is 43.4 Å². The summed E-state index contributed by atoms with van der Waals surface area (Å²) in [7, 11) is -2.36. The Morgan fingerprint density at radius 3 is 2.38 bits per heavy atom. The van der Waals surface area contributed by atoms with Crippen molar-refractivity contribution in [3.05, 3.63) is 36.0 Å². The minimum Gasteiger partial charge on any atom is -0.365 e. The van der Waals surface area contributed by atoms with E-state index in [-0.39, 0.29) is 12.0 Å². The average molecular weight is 457 g/mol. The summed E-state index contributed by atoms with van der Waals surface area (Å²) >= 11 is 0. The molecule has 10 heteroatoms. The first-order valence-corrected chi connectivity index (χ1v) is 13.2. The van der Waals surface area contributed by atoms with Crippen molar-refractivity contribution >= 4 is 29.9 Å². The van der Waals surface area contributed by atoms with E-state index in [9.17, 15) is 14.6 Å². The van der Waals surface area contributed by atoms with E-state index < -0.39 is 24.4 Å². The lowest BCUT2D eigenvalue weighted by atomic mass is 9.77. The molecule has 9 nitrogen and oxygen atoms in total. The van der Waals surface area contributed by atoms with Gasteiger partial charge in [-0.05, 0) is 50.4 Å². The summed E-state index contributed by atoms with van der Waals surface area (Å²) in [6.07, 6.45) is 4.45. The minimum absolute atomic E-state index is 0.247. The van der Waals surface area contributed by atoms with Gasteiger partial charge in [-0.1, -0.05) is 0 Å². The smallest absolute Gasteiger partial charge is 0.254 e. The summed E-state index contributed by atoms with van der Waals surface area (Å²) in [5, 5.41) is 18.1. The molecule has 1 saturated carbocycles. The number of ether oxygens (including phenoxy) is 2. The standard InChI is InChI=1S/C22H28N5O4P/c1-32(2,29)17-5-3-16(4-6-17)25-20-18(19(24)28)15-27(26-20)21(11-12-23)7-9-22(10-8-21)30-13-14-31-22/h3-6,15H,7-11,13-14H2,1-2H3,(H2,24,28)(H,25,26). The second kappa shape index (κ2) is 8.36. The van der Waals surface area contributed by atoms with Gasteiger partial charge in [0, 0.05) is 30.0 Å². The molecule has 3 N–H and O–H groups in total. The van der Waals surface area contributed by atoms with Crippen molar-refractivity contribution < 1.29 is 18.8 Å². The number of primary amides is 1. The maximum atomic E-state index is 12.3. The highest BCUT2D eigenvalue weighted by molar-refractivity contribution is 7.70. The van der Waals surface area contributed by atoms with Gasteiger partial charge in [0.2, 0.25) is 0 Å². The van der Waals surface area contributed by atoms with Crippen molar-refractivity contribution in [1.29, 1.82) is 5.26 Å². The number of nitrogens with zero attached hydrogens (tertiary/aromatic N) is 3. The summed E-state index contributed by atoms with van der Waals surface area (Å²) < 4.78 is 25.6. The zero-order chi connectivity index (χ0) is 23.0. The number of amides is 1. The Bertz CT molecular complexity index is 1080. The first-order chi connectivity index (χ1) is 15.2. The van der Waals surface area contributed by atoms with Gasteiger partial charge in [0.1, 0.15) is 12.7 Å². The van der Waals surface area contributed by atoms with Crippen LogP contribution in [0.25, 0.3) is 0 Å². The van der Waals surface area contributed by atoms with Gasteiger partial charge in [-0.15, -0.1) is 0 Å². The summed E-state index contributed by atoms with van der Waals surface area (Å²) in [4.78, 5) is 12.1. The van der Waals surface area contributed by atoms with Gasteiger partial charge in [0.15, 0.2) is 11.6 Å². The zero-order valence-corrected chi connectivity index (χ0v) is 19.2. The first-order valence-electron chi connectivity index (χ1n) is 10.6. The predicted octanol–water partition coefficient (Wildman–Crippen LogP) is 2.90. The van der Waals surface area contributed by atoms with Gasteiger partial charge in [-0.3, -0.25) is 9.48 Å². The van der Waals surface area contributed by atoms with Crippen LogP contribution < -0.4 is 16.4 Å². The molecular weight excluding hydrogens is 429 g/mol. The van der Waals surface area contributed by atoms with Crippen LogP contribution in [0.2, 0.25) is 0 Å². The van der Waals surface area contributed by atoms with E-state index in [1.54, 1.807) is 48.5 Å². The second-order valence-corrected chi connectivity index (χ2v) is 12.1. The Balaban J connectivity index is 1.62. The number of benzene rings is 1.